The number of rotatable bonds is 4. The SMILES string of the molecule is CCC(=O)Nc1nc(-c2ccc3c(c2)CCCN3C(=O)c2ccc(F)cc2)cs1. The molecule has 1 aromatic heterocycles. The molecule has 0 saturated carbocycles. The van der Waals surface area contributed by atoms with Gasteiger partial charge in [0.1, 0.15) is 5.82 Å². The van der Waals surface area contributed by atoms with Gasteiger partial charge in [-0.25, -0.2) is 9.37 Å². The van der Waals surface area contributed by atoms with E-state index >= 15 is 0 Å². The normalized spacial score (nSPS) is 13.1. The van der Waals surface area contributed by atoms with Crippen molar-refractivity contribution in [1.29, 1.82) is 0 Å². The van der Waals surface area contributed by atoms with Crippen molar-refractivity contribution in [2.75, 3.05) is 16.8 Å². The highest BCUT2D eigenvalue weighted by atomic mass is 32.1. The second-order valence-corrected chi connectivity index (χ2v) is 7.71. The van der Waals surface area contributed by atoms with E-state index in [-0.39, 0.29) is 17.6 Å². The fraction of sp³-hybridized carbons (Fsp3) is 0.227. The van der Waals surface area contributed by atoms with Gasteiger partial charge >= 0.3 is 0 Å². The van der Waals surface area contributed by atoms with Crippen molar-refractivity contribution in [3.05, 3.63) is 64.8 Å². The first-order valence-electron chi connectivity index (χ1n) is 9.51. The first-order valence-corrected chi connectivity index (χ1v) is 10.4. The van der Waals surface area contributed by atoms with Gasteiger partial charge in [-0.3, -0.25) is 9.59 Å². The number of hydrogen-bond donors (Lipinski definition) is 1. The third-order valence-electron chi connectivity index (χ3n) is 4.90. The smallest absolute Gasteiger partial charge is 0.258 e. The third-order valence-corrected chi connectivity index (χ3v) is 5.66. The van der Waals surface area contributed by atoms with E-state index in [4.69, 9.17) is 0 Å². The average molecular weight is 409 g/mol. The van der Waals surface area contributed by atoms with Crippen LogP contribution in [0.1, 0.15) is 35.7 Å². The Morgan fingerprint density at radius 3 is 2.76 bits per heavy atom. The highest BCUT2D eigenvalue weighted by Gasteiger charge is 2.24. The molecule has 0 saturated heterocycles. The predicted molar refractivity (Wildman–Crippen MR) is 113 cm³/mol. The molecule has 5 nitrogen and oxygen atoms in total. The number of aromatic nitrogens is 1. The average Bonchev–Trinajstić information content (AvgIpc) is 3.21. The van der Waals surface area contributed by atoms with Gasteiger partial charge in [-0.1, -0.05) is 13.0 Å². The quantitative estimate of drug-likeness (QED) is 0.667. The van der Waals surface area contributed by atoms with Crippen molar-refractivity contribution < 1.29 is 14.0 Å². The van der Waals surface area contributed by atoms with E-state index in [9.17, 15) is 14.0 Å². The zero-order valence-corrected chi connectivity index (χ0v) is 16.8. The number of nitrogens with zero attached hydrogens (tertiary/aromatic N) is 2. The number of nitrogens with one attached hydrogen (secondary N) is 1. The highest BCUT2D eigenvalue weighted by Crippen LogP contribution is 2.33. The van der Waals surface area contributed by atoms with Crippen molar-refractivity contribution in [2.45, 2.75) is 26.2 Å². The second kappa shape index (κ2) is 8.13. The molecule has 0 atom stereocenters. The van der Waals surface area contributed by atoms with Crippen molar-refractivity contribution in [3.8, 4) is 11.3 Å². The molecule has 0 radical (unpaired) electrons. The van der Waals surface area contributed by atoms with E-state index < -0.39 is 0 Å². The van der Waals surface area contributed by atoms with Gasteiger partial charge in [0.25, 0.3) is 5.91 Å². The Kier molecular flexibility index (Phi) is 5.40. The topological polar surface area (TPSA) is 62.3 Å². The van der Waals surface area contributed by atoms with Crippen LogP contribution in [0.5, 0.6) is 0 Å². The number of fused-ring (bicyclic) bond motifs is 1. The van der Waals surface area contributed by atoms with Crippen LogP contribution in [-0.4, -0.2) is 23.3 Å². The molecule has 1 aliphatic heterocycles. The summed E-state index contributed by atoms with van der Waals surface area (Å²) < 4.78 is 13.2. The van der Waals surface area contributed by atoms with E-state index in [2.05, 4.69) is 16.4 Å². The fourth-order valence-electron chi connectivity index (χ4n) is 3.39. The zero-order valence-electron chi connectivity index (χ0n) is 15.9. The third kappa shape index (κ3) is 4.05. The summed E-state index contributed by atoms with van der Waals surface area (Å²) in [6.45, 7) is 2.43. The summed E-state index contributed by atoms with van der Waals surface area (Å²) in [5.41, 5.74) is 4.18. The van der Waals surface area contributed by atoms with E-state index in [0.29, 0.717) is 23.7 Å². The first-order chi connectivity index (χ1) is 14.0. The Morgan fingerprint density at radius 1 is 1.21 bits per heavy atom. The minimum absolute atomic E-state index is 0.0636. The number of carbonyl (C=O) groups excluding carboxylic acids is 2. The van der Waals surface area contributed by atoms with Gasteiger partial charge in [-0.15, -0.1) is 11.3 Å². The molecule has 3 aromatic rings. The van der Waals surface area contributed by atoms with E-state index in [1.165, 1.54) is 35.6 Å². The summed E-state index contributed by atoms with van der Waals surface area (Å²) in [5.74, 6) is -0.550. The van der Waals surface area contributed by atoms with Crippen LogP contribution in [0.2, 0.25) is 0 Å². The number of carbonyl (C=O) groups is 2. The Bertz CT molecular complexity index is 1060. The summed E-state index contributed by atoms with van der Waals surface area (Å²) in [6, 6.07) is 11.6. The first kappa shape index (κ1) is 19.3. The van der Waals surface area contributed by atoms with Gasteiger partial charge in [0, 0.05) is 35.2 Å². The summed E-state index contributed by atoms with van der Waals surface area (Å²) >= 11 is 1.39. The maximum Gasteiger partial charge on any atom is 0.258 e. The van der Waals surface area contributed by atoms with Gasteiger partial charge in [-0.05, 0) is 54.8 Å². The van der Waals surface area contributed by atoms with Gasteiger partial charge in [0.05, 0.1) is 5.69 Å². The second-order valence-electron chi connectivity index (χ2n) is 6.85. The minimum Gasteiger partial charge on any atom is -0.308 e. The molecule has 148 valence electrons. The fourth-order valence-corrected chi connectivity index (χ4v) is 4.12. The molecule has 1 aliphatic rings. The van der Waals surface area contributed by atoms with Crippen LogP contribution in [0.15, 0.2) is 47.8 Å². The van der Waals surface area contributed by atoms with Crippen LogP contribution in [0.4, 0.5) is 15.2 Å². The molecule has 0 spiro atoms. The molecular formula is C22H20FN3O2S. The highest BCUT2D eigenvalue weighted by molar-refractivity contribution is 7.14. The van der Waals surface area contributed by atoms with Gasteiger partial charge in [-0.2, -0.15) is 0 Å². The lowest BCUT2D eigenvalue weighted by molar-refractivity contribution is -0.115. The summed E-state index contributed by atoms with van der Waals surface area (Å²) in [5, 5.41) is 5.27. The lowest BCUT2D eigenvalue weighted by Gasteiger charge is -2.30. The number of amides is 2. The molecule has 4 rings (SSSR count). The molecule has 2 heterocycles. The number of thiazole rings is 1. The number of benzene rings is 2. The predicted octanol–water partition coefficient (Wildman–Crippen LogP) is 4.89. The number of halogens is 1. The van der Waals surface area contributed by atoms with Crippen LogP contribution in [0.3, 0.4) is 0 Å². The Balaban J connectivity index is 1.59. The molecule has 2 amide bonds. The molecule has 7 heteroatoms. The summed E-state index contributed by atoms with van der Waals surface area (Å²) in [4.78, 5) is 30.7. The van der Waals surface area contributed by atoms with E-state index in [1.54, 1.807) is 11.8 Å². The largest absolute Gasteiger partial charge is 0.308 e. The van der Waals surface area contributed by atoms with Crippen LogP contribution in [0.25, 0.3) is 11.3 Å². The van der Waals surface area contributed by atoms with Crippen LogP contribution in [0, 0.1) is 5.82 Å². The van der Waals surface area contributed by atoms with Crippen molar-refractivity contribution in [3.63, 3.8) is 0 Å². The standard InChI is InChI=1S/C22H20FN3O2S/c1-2-20(27)25-22-24-18(13-29-22)15-7-10-19-16(12-15)4-3-11-26(19)21(28)14-5-8-17(23)9-6-14/h5-10,12-13H,2-4,11H2,1H3,(H,24,25,27). The van der Waals surface area contributed by atoms with E-state index in [0.717, 1.165) is 35.3 Å². The Labute approximate surface area is 172 Å². The molecule has 0 unspecified atom stereocenters. The van der Waals surface area contributed by atoms with Gasteiger partial charge < -0.3 is 10.2 Å². The van der Waals surface area contributed by atoms with E-state index in [1.807, 2.05) is 17.5 Å². The molecule has 0 fully saturated rings. The van der Waals surface area contributed by atoms with Crippen molar-refractivity contribution >= 4 is 34.0 Å². The Hall–Kier alpha value is -3.06. The van der Waals surface area contributed by atoms with Crippen LogP contribution < -0.4 is 10.2 Å². The Morgan fingerprint density at radius 2 is 2.00 bits per heavy atom. The van der Waals surface area contributed by atoms with Crippen LogP contribution >= 0.6 is 11.3 Å². The number of anilines is 2. The maximum absolute atomic E-state index is 13.2. The summed E-state index contributed by atoms with van der Waals surface area (Å²) in [6.07, 6.45) is 2.14. The zero-order chi connectivity index (χ0) is 20.4. The molecular weight excluding hydrogens is 389 g/mol. The van der Waals surface area contributed by atoms with Crippen molar-refractivity contribution in [2.24, 2.45) is 0 Å². The van der Waals surface area contributed by atoms with Crippen LogP contribution in [-0.2, 0) is 11.2 Å². The lowest BCUT2D eigenvalue weighted by atomic mass is 9.97. The van der Waals surface area contributed by atoms with Crippen molar-refractivity contribution in [1.82, 2.24) is 4.98 Å². The summed E-state index contributed by atoms with van der Waals surface area (Å²) in [7, 11) is 0. The van der Waals surface area contributed by atoms with Gasteiger partial charge in [0.2, 0.25) is 5.91 Å². The lowest BCUT2D eigenvalue weighted by Crippen LogP contribution is -2.35. The molecule has 0 aliphatic carbocycles. The molecule has 1 N–H and O–H groups in total. The van der Waals surface area contributed by atoms with Gasteiger partial charge in [0.15, 0.2) is 5.13 Å². The monoisotopic (exact) mass is 409 g/mol. The molecule has 0 bridgehead atoms. The molecule has 2 aromatic carbocycles. The molecule has 29 heavy (non-hydrogen) atoms. The minimum atomic E-state index is -0.358. The number of aryl methyl sites for hydroxylation is 1. The number of hydrogen-bond acceptors (Lipinski definition) is 4. The maximum atomic E-state index is 13.2.